The highest BCUT2D eigenvalue weighted by molar-refractivity contribution is 6.12. The van der Waals surface area contributed by atoms with Crippen molar-refractivity contribution in [3.63, 3.8) is 0 Å². The molecule has 3 aromatic rings. The smallest absolute Gasteiger partial charge is 0.337 e. The normalized spacial score (nSPS) is 13.2. The van der Waals surface area contributed by atoms with Crippen molar-refractivity contribution in [2.45, 2.75) is 32.6 Å². The van der Waals surface area contributed by atoms with E-state index in [0.717, 1.165) is 24.9 Å². The molecule has 0 radical (unpaired) electrons. The lowest BCUT2D eigenvalue weighted by atomic mass is 9.90. The fraction of sp³-hybridized carbons (Fsp3) is 0.273. The number of benzene rings is 2. The second kappa shape index (κ2) is 7.27. The Kier molecular flexibility index (Phi) is 4.67. The number of anilines is 1. The minimum atomic E-state index is -0.559. The van der Waals surface area contributed by atoms with Crippen LogP contribution >= 0.6 is 0 Å². The number of carbonyl (C=O) groups is 1. The topological polar surface area (TPSA) is 68.5 Å². The molecule has 0 fully saturated rings. The molecule has 1 amide bonds. The van der Waals surface area contributed by atoms with Crippen LogP contribution in [-0.4, -0.2) is 12.5 Å². The molecule has 0 atom stereocenters. The van der Waals surface area contributed by atoms with Crippen LogP contribution in [0.2, 0.25) is 0 Å². The molecule has 0 spiro atoms. The molecular weight excluding hydrogens is 342 g/mol. The molecule has 27 heavy (non-hydrogen) atoms. The highest BCUT2D eigenvalue weighted by Gasteiger charge is 2.18. The van der Waals surface area contributed by atoms with Gasteiger partial charge in [0.15, 0.2) is 0 Å². The monoisotopic (exact) mass is 363 g/mol. The van der Waals surface area contributed by atoms with Gasteiger partial charge in [-0.05, 0) is 61.9 Å². The average molecular weight is 363 g/mol. The van der Waals surface area contributed by atoms with Gasteiger partial charge in [0.1, 0.15) is 11.3 Å². The lowest BCUT2D eigenvalue weighted by Crippen LogP contribution is -2.17. The Morgan fingerprint density at radius 1 is 1.15 bits per heavy atom. The molecule has 4 rings (SSSR count). The van der Waals surface area contributed by atoms with Gasteiger partial charge in [-0.1, -0.05) is 12.1 Å². The lowest BCUT2D eigenvalue weighted by Gasteiger charge is -2.19. The van der Waals surface area contributed by atoms with E-state index in [-0.39, 0.29) is 5.91 Å². The highest BCUT2D eigenvalue weighted by atomic mass is 16.5. The van der Waals surface area contributed by atoms with Crippen LogP contribution in [0.3, 0.4) is 0 Å². The number of hydrogen-bond donors (Lipinski definition) is 1. The minimum Gasteiger partial charge on any atom is -0.494 e. The Hall–Kier alpha value is -3.08. The summed E-state index contributed by atoms with van der Waals surface area (Å²) in [6.07, 6.45) is 4.30. The predicted octanol–water partition coefficient (Wildman–Crippen LogP) is 4.32. The van der Waals surface area contributed by atoms with E-state index >= 15 is 0 Å². The summed E-state index contributed by atoms with van der Waals surface area (Å²) in [7, 11) is 0. The van der Waals surface area contributed by atoms with Crippen LogP contribution in [0.5, 0.6) is 5.75 Å². The summed E-state index contributed by atoms with van der Waals surface area (Å²) in [6, 6.07) is 12.4. The summed E-state index contributed by atoms with van der Waals surface area (Å²) >= 11 is 0. The zero-order valence-corrected chi connectivity index (χ0v) is 15.2. The van der Waals surface area contributed by atoms with Gasteiger partial charge in [0.2, 0.25) is 0 Å². The van der Waals surface area contributed by atoms with Crippen LogP contribution in [-0.2, 0) is 12.8 Å². The van der Waals surface area contributed by atoms with Crippen molar-refractivity contribution in [2.75, 3.05) is 11.9 Å². The van der Waals surface area contributed by atoms with Gasteiger partial charge in [0.25, 0.3) is 5.91 Å². The Labute approximate surface area is 157 Å². The Morgan fingerprint density at radius 3 is 2.85 bits per heavy atom. The van der Waals surface area contributed by atoms with E-state index < -0.39 is 5.63 Å². The molecule has 0 bridgehead atoms. The number of aryl methyl sites for hydroxylation is 1. The maximum Gasteiger partial charge on any atom is 0.337 e. The minimum absolute atomic E-state index is 0.303. The summed E-state index contributed by atoms with van der Waals surface area (Å²) in [6.45, 7) is 2.39. The number of carbonyl (C=O) groups excluding carboxylic acids is 1. The summed E-state index contributed by atoms with van der Waals surface area (Å²) in [5.41, 5.74) is 3.40. The molecule has 0 saturated heterocycles. The molecular formula is C22H21NO4. The van der Waals surface area contributed by atoms with Crippen LogP contribution in [0.15, 0.2) is 51.7 Å². The molecule has 5 nitrogen and oxygen atoms in total. The van der Waals surface area contributed by atoms with Crippen LogP contribution in [0.25, 0.3) is 11.0 Å². The Morgan fingerprint density at radius 2 is 2.00 bits per heavy atom. The van der Waals surface area contributed by atoms with Gasteiger partial charge in [-0.15, -0.1) is 0 Å². The maximum absolute atomic E-state index is 13.0. The first-order valence-corrected chi connectivity index (χ1v) is 9.28. The number of rotatable bonds is 4. The van der Waals surface area contributed by atoms with E-state index in [2.05, 4.69) is 11.4 Å². The number of amides is 1. The van der Waals surface area contributed by atoms with E-state index in [9.17, 15) is 9.59 Å². The maximum atomic E-state index is 13.0. The van der Waals surface area contributed by atoms with E-state index in [1.165, 1.54) is 23.6 Å². The van der Waals surface area contributed by atoms with E-state index in [4.69, 9.17) is 9.15 Å². The van der Waals surface area contributed by atoms with Crippen molar-refractivity contribution in [1.82, 2.24) is 0 Å². The quantitative estimate of drug-likeness (QED) is 0.701. The fourth-order valence-corrected chi connectivity index (χ4v) is 3.68. The first-order valence-electron chi connectivity index (χ1n) is 9.28. The Bertz CT molecular complexity index is 1070. The zero-order valence-electron chi connectivity index (χ0n) is 15.2. The van der Waals surface area contributed by atoms with Crippen molar-refractivity contribution >= 4 is 22.6 Å². The molecule has 1 N–H and O–H groups in total. The summed E-state index contributed by atoms with van der Waals surface area (Å²) in [5, 5.41) is 3.58. The van der Waals surface area contributed by atoms with Crippen LogP contribution in [0, 0.1) is 0 Å². The fourth-order valence-electron chi connectivity index (χ4n) is 3.68. The number of nitrogens with one attached hydrogen (secondary N) is 1. The summed E-state index contributed by atoms with van der Waals surface area (Å²) in [5.74, 6) is 0.291. The highest BCUT2D eigenvalue weighted by Crippen LogP contribution is 2.29. The molecule has 2 aromatic carbocycles. The van der Waals surface area contributed by atoms with Gasteiger partial charge in [-0.2, -0.15) is 0 Å². The van der Waals surface area contributed by atoms with Crippen molar-refractivity contribution in [2.24, 2.45) is 0 Å². The second-order valence-electron chi connectivity index (χ2n) is 6.67. The van der Waals surface area contributed by atoms with Crippen LogP contribution < -0.4 is 15.7 Å². The van der Waals surface area contributed by atoms with Gasteiger partial charge in [0.05, 0.1) is 12.2 Å². The van der Waals surface area contributed by atoms with Crippen molar-refractivity contribution in [3.05, 3.63) is 69.6 Å². The largest absolute Gasteiger partial charge is 0.494 e. The number of ether oxygens (including phenoxy) is 1. The van der Waals surface area contributed by atoms with Gasteiger partial charge in [-0.25, -0.2) is 4.79 Å². The van der Waals surface area contributed by atoms with Crippen molar-refractivity contribution < 1.29 is 13.9 Å². The number of fused-ring (bicyclic) bond motifs is 2. The first-order chi connectivity index (χ1) is 13.2. The van der Waals surface area contributed by atoms with E-state index in [1.807, 2.05) is 19.1 Å². The molecule has 1 heterocycles. The third kappa shape index (κ3) is 3.45. The predicted molar refractivity (Wildman–Crippen MR) is 105 cm³/mol. The molecule has 1 aliphatic carbocycles. The average Bonchev–Trinajstić information content (AvgIpc) is 2.67. The van der Waals surface area contributed by atoms with Crippen molar-refractivity contribution in [3.8, 4) is 5.75 Å². The molecule has 0 aliphatic heterocycles. The molecule has 5 heteroatoms. The lowest BCUT2D eigenvalue weighted by molar-refractivity contribution is 0.102. The van der Waals surface area contributed by atoms with Gasteiger partial charge in [-0.3, -0.25) is 4.79 Å². The zero-order chi connectivity index (χ0) is 18.8. The standard InChI is InChI=1S/C22H21NO4/c1-2-26-15-10-11-17-18(13-21(24)27-20(17)12-15)22(25)23-19-9-5-7-14-6-3-4-8-16(14)19/h5,7,9-13H,2-4,6,8H2,1H3,(H,23,25). The molecule has 1 aromatic heterocycles. The van der Waals surface area contributed by atoms with Crippen LogP contribution in [0.4, 0.5) is 5.69 Å². The summed E-state index contributed by atoms with van der Waals surface area (Å²) < 4.78 is 10.7. The summed E-state index contributed by atoms with van der Waals surface area (Å²) in [4.78, 5) is 24.9. The first kappa shape index (κ1) is 17.3. The SMILES string of the molecule is CCOc1ccc2c(C(=O)Nc3cccc4c3CCCC4)cc(=O)oc2c1. The van der Waals surface area contributed by atoms with Crippen molar-refractivity contribution in [1.29, 1.82) is 0 Å². The van der Waals surface area contributed by atoms with Gasteiger partial charge in [0, 0.05) is 23.2 Å². The van der Waals surface area contributed by atoms with Gasteiger partial charge >= 0.3 is 5.63 Å². The van der Waals surface area contributed by atoms with E-state index in [1.54, 1.807) is 18.2 Å². The molecule has 138 valence electrons. The Balaban J connectivity index is 1.72. The molecule has 0 saturated carbocycles. The molecule has 0 unspecified atom stereocenters. The third-order valence-corrected chi connectivity index (χ3v) is 4.92. The molecule has 1 aliphatic rings. The third-order valence-electron chi connectivity index (χ3n) is 4.92. The second-order valence-corrected chi connectivity index (χ2v) is 6.67. The van der Waals surface area contributed by atoms with Crippen LogP contribution in [0.1, 0.15) is 41.3 Å². The number of hydrogen-bond acceptors (Lipinski definition) is 4. The van der Waals surface area contributed by atoms with E-state index in [0.29, 0.717) is 28.9 Å². The van der Waals surface area contributed by atoms with Gasteiger partial charge < -0.3 is 14.5 Å².